The molecule has 0 atom stereocenters. The predicted molar refractivity (Wildman–Crippen MR) is 79.5 cm³/mol. The summed E-state index contributed by atoms with van der Waals surface area (Å²) in [6, 6.07) is 7.21. The highest BCUT2D eigenvalue weighted by Gasteiger charge is 2.25. The largest absolute Gasteiger partial charge is 0.326 e. The van der Waals surface area contributed by atoms with Gasteiger partial charge in [0, 0.05) is 29.9 Å². The highest BCUT2D eigenvalue weighted by atomic mass is 16.2. The third-order valence-corrected chi connectivity index (χ3v) is 3.22. The maximum absolute atomic E-state index is 11.9. The molecular weight excluding hydrogens is 254 g/mol. The summed E-state index contributed by atoms with van der Waals surface area (Å²) < 4.78 is 0. The van der Waals surface area contributed by atoms with Crippen LogP contribution >= 0.6 is 0 Å². The number of hydrogen-bond acceptors (Lipinski definition) is 3. The van der Waals surface area contributed by atoms with Crippen LogP contribution in [0.2, 0.25) is 0 Å². The minimum absolute atomic E-state index is 0.0167. The Hall–Kier alpha value is -1.88. The predicted octanol–water partition coefficient (Wildman–Crippen LogP) is 1.83. The molecule has 108 valence electrons. The van der Waals surface area contributed by atoms with E-state index in [2.05, 4.69) is 16.0 Å². The second-order valence-corrected chi connectivity index (χ2v) is 6.13. The third-order valence-electron chi connectivity index (χ3n) is 3.22. The SMILES string of the molecule is CC(C)(C)C(=O)Nc1cccc(NC(=O)C2CNC2)c1. The van der Waals surface area contributed by atoms with E-state index in [4.69, 9.17) is 0 Å². The number of nitrogens with one attached hydrogen (secondary N) is 3. The van der Waals surface area contributed by atoms with Crippen LogP contribution in [0.3, 0.4) is 0 Å². The van der Waals surface area contributed by atoms with Crippen molar-refractivity contribution in [3.63, 3.8) is 0 Å². The molecule has 20 heavy (non-hydrogen) atoms. The highest BCUT2D eigenvalue weighted by molar-refractivity contribution is 5.97. The van der Waals surface area contributed by atoms with Gasteiger partial charge in [0.2, 0.25) is 11.8 Å². The van der Waals surface area contributed by atoms with Gasteiger partial charge in [0.25, 0.3) is 0 Å². The molecule has 0 radical (unpaired) electrons. The van der Waals surface area contributed by atoms with E-state index in [-0.39, 0.29) is 17.7 Å². The Labute approximate surface area is 119 Å². The van der Waals surface area contributed by atoms with Crippen LogP contribution in [0.15, 0.2) is 24.3 Å². The van der Waals surface area contributed by atoms with Gasteiger partial charge >= 0.3 is 0 Å². The maximum Gasteiger partial charge on any atom is 0.230 e. The van der Waals surface area contributed by atoms with Crippen molar-refractivity contribution in [3.05, 3.63) is 24.3 Å². The van der Waals surface area contributed by atoms with Crippen LogP contribution in [0, 0.1) is 11.3 Å². The average Bonchev–Trinajstić information content (AvgIpc) is 2.25. The van der Waals surface area contributed by atoms with Crippen LogP contribution in [0.5, 0.6) is 0 Å². The molecule has 3 N–H and O–H groups in total. The van der Waals surface area contributed by atoms with E-state index in [1.165, 1.54) is 0 Å². The molecule has 5 nitrogen and oxygen atoms in total. The zero-order valence-electron chi connectivity index (χ0n) is 12.1. The molecule has 0 unspecified atom stereocenters. The second-order valence-electron chi connectivity index (χ2n) is 6.13. The fourth-order valence-corrected chi connectivity index (χ4v) is 1.71. The van der Waals surface area contributed by atoms with Crippen molar-refractivity contribution >= 4 is 23.2 Å². The molecule has 2 rings (SSSR count). The highest BCUT2D eigenvalue weighted by Crippen LogP contribution is 2.20. The molecule has 1 heterocycles. The lowest BCUT2D eigenvalue weighted by atomic mass is 9.95. The maximum atomic E-state index is 11.9. The smallest absolute Gasteiger partial charge is 0.230 e. The fourth-order valence-electron chi connectivity index (χ4n) is 1.71. The summed E-state index contributed by atoms with van der Waals surface area (Å²) in [5.41, 5.74) is 0.944. The number of hydrogen-bond donors (Lipinski definition) is 3. The molecule has 0 spiro atoms. The first-order chi connectivity index (χ1) is 9.36. The van der Waals surface area contributed by atoms with E-state index in [0.29, 0.717) is 11.4 Å². The first-order valence-corrected chi connectivity index (χ1v) is 6.79. The van der Waals surface area contributed by atoms with Gasteiger partial charge in [0.05, 0.1) is 5.92 Å². The van der Waals surface area contributed by atoms with Crippen molar-refractivity contribution in [2.75, 3.05) is 23.7 Å². The van der Waals surface area contributed by atoms with Gasteiger partial charge in [-0.25, -0.2) is 0 Å². The zero-order chi connectivity index (χ0) is 14.8. The van der Waals surface area contributed by atoms with Crippen molar-refractivity contribution in [1.29, 1.82) is 0 Å². The summed E-state index contributed by atoms with van der Waals surface area (Å²) in [6.45, 7) is 7.03. The summed E-state index contributed by atoms with van der Waals surface area (Å²) in [4.78, 5) is 23.8. The third kappa shape index (κ3) is 3.57. The number of anilines is 2. The molecule has 1 saturated heterocycles. The van der Waals surface area contributed by atoms with Gasteiger partial charge in [-0.3, -0.25) is 9.59 Å². The molecule has 1 aliphatic heterocycles. The van der Waals surface area contributed by atoms with E-state index < -0.39 is 5.41 Å². The molecule has 0 bridgehead atoms. The number of rotatable bonds is 3. The summed E-state index contributed by atoms with van der Waals surface area (Å²) in [5.74, 6) is 0.00930. The van der Waals surface area contributed by atoms with E-state index in [1.54, 1.807) is 6.07 Å². The lowest BCUT2D eigenvalue weighted by Gasteiger charge is -2.25. The van der Waals surface area contributed by atoms with Gasteiger partial charge < -0.3 is 16.0 Å². The van der Waals surface area contributed by atoms with Gasteiger partial charge in [-0.15, -0.1) is 0 Å². The van der Waals surface area contributed by atoms with E-state index >= 15 is 0 Å². The van der Waals surface area contributed by atoms with E-state index in [1.807, 2.05) is 39.0 Å². The monoisotopic (exact) mass is 275 g/mol. The van der Waals surface area contributed by atoms with Gasteiger partial charge in [-0.05, 0) is 18.2 Å². The van der Waals surface area contributed by atoms with E-state index in [0.717, 1.165) is 13.1 Å². The fraction of sp³-hybridized carbons (Fsp3) is 0.467. The summed E-state index contributed by atoms with van der Waals surface area (Å²) in [5, 5.41) is 8.78. The van der Waals surface area contributed by atoms with Crippen LogP contribution in [0.25, 0.3) is 0 Å². The van der Waals surface area contributed by atoms with Crippen molar-refractivity contribution in [1.82, 2.24) is 5.32 Å². The Morgan fingerprint density at radius 2 is 1.75 bits per heavy atom. The van der Waals surface area contributed by atoms with Crippen LogP contribution < -0.4 is 16.0 Å². The molecule has 5 heteroatoms. The van der Waals surface area contributed by atoms with Gasteiger partial charge in [-0.2, -0.15) is 0 Å². The van der Waals surface area contributed by atoms with Crippen molar-refractivity contribution in [2.45, 2.75) is 20.8 Å². The lowest BCUT2D eigenvalue weighted by molar-refractivity contribution is -0.123. The van der Waals surface area contributed by atoms with Crippen molar-refractivity contribution in [2.24, 2.45) is 11.3 Å². The molecule has 0 aromatic heterocycles. The molecule has 0 saturated carbocycles. The molecule has 2 amide bonds. The van der Waals surface area contributed by atoms with Crippen LogP contribution in [-0.2, 0) is 9.59 Å². The van der Waals surface area contributed by atoms with Gasteiger partial charge in [0.1, 0.15) is 0 Å². The Morgan fingerprint density at radius 1 is 1.15 bits per heavy atom. The Morgan fingerprint density at radius 3 is 2.25 bits per heavy atom. The Balaban J connectivity index is 2.00. The normalized spacial score (nSPS) is 15.3. The number of benzene rings is 1. The number of carbonyl (C=O) groups excluding carboxylic acids is 2. The number of amides is 2. The first kappa shape index (κ1) is 14.5. The Bertz CT molecular complexity index is 516. The van der Waals surface area contributed by atoms with Crippen molar-refractivity contribution < 1.29 is 9.59 Å². The molecule has 1 fully saturated rings. The molecule has 1 aromatic rings. The van der Waals surface area contributed by atoms with Gasteiger partial charge in [0.15, 0.2) is 0 Å². The van der Waals surface area contributed by atoms with Crippen LogP contribution in [-0.4, -0.2) is 24.9 Å². The standard InChI is InChI=1S/C15H21N3O2/c1-15(2,3)14(20)18-12-6-4-5-11(7-12)17-13(19)10-8-16-9-10/h4-7,10,16H,8-9H2,1-3H3,(H,17,19)(H,18,20). The summed E-state index contributed by atoms with van der Waals surface area (Å²) in [6.07, 6.45) is 0. The second kappa shape index (κ2) is 5.63. The van der Waals surface area contributed by atoms with E-state index in [9.17, 15) is 9.59 Å². The quantitative estimate of drug-likeness (QED) is 0.788. The average molecular weight is 275 g/mol. The summed E-state index contributed by atoms with van der Waals surface area (Å²) in [7, 11) is 0. The Kier molecular flexibility index (Phi) is 4.09. The number of carbonyl (C=O) groups is 2. The van der Waals surface area contributed by atoms with Crippen molar-refractivity contribution in [3.8, 4) is 0 Å². The molecular formula is C15H21N3O2. The molecule has 1 aliphatic rings. The zero-order valence-corrected chi connectivity index (χ0v) is 12.1. The first-order valence-electron chi connectivity index (χ1n) is 6.79. The molecule has 1 aromatic carbocycles. The lowest BCUT2D eigenvalue weighted by Crippen LogP contribution is -2.48. The van der Waals surface area contributed by atoms with Gasteiger partial charge in [-0.1, -0.05) is 26.8 Å². The minimum Gasteiger partial charge on any atom is -0.326 e. The van der Waals surface area contributed by atoms with Crippen LogP contribution in [0.4, 0.5) is 11.4 Å². The topological polar surface area (TPSA) is 70.2 Å². The minimum atomic E-state index is -0.448. The van der Waals surface area contributed by atoms with Crippen LogP contribution in [0.1, 0.15) is 20.8 Å². The molecule has 0 aliphatic carbocycles. The summed E-state index contributed by atoms with van der Waals surface area (Å²) >= 11 is 0.